The fraction of sp³-hybridized carbons (Fsp3) is 0.500. The number of carbonyl (C=O) groups is 2. The van der Waals surface area contributed by atoms with Crippen LogP contribution in [0.2, 0.25) is 5.02 Å². The molecule has 0 saturated heterocycles. The number of nitrogens with one attached hydrogen (secondary N) is 3. The summed E-state index contributed by atoms with van der Waals surface area (Å²) in [6.07, 6.45) is 0. The van der Waals surface area contributed by atoms with Gasteiger partial charge in [0, 0.05) is 12.6 Å². The molecule has 1 aromatic heterocycles. The minimum atomic E-state index is -0.687. The van der Waals surface area contributed by atoms with Crippen molar-refractivity contribution < 1.29 is 9.59 Å². The lowest BCUT2D eigenvalue weighted by Crippen LogP contribution is -2.51. The molecule has 0 radical (unpaired) electrons. The van der Waals surface area contributed by atoms with Gasteiger partial charge in [0.1, 0.15) is 17.6 Å². The maximum Gasteiger partial charge on any atom is 0.272 e. The predicted octanol–water partition coefficient (Wildman–Crippen LogP) is 1.81. The fourth-order valence-electron chi connectivity index (χ4n) is 1.55. The molecular formula is C14H21ClN4O2. The average molecular weight is 313 g/mol. The van der Waals surface area contributed by atoms with E-state index in [0.717, 1.165) is 0 Å². The first-order valence-electron chi connectivity index (χ1n) is 6.61. The van der Waals surface area contributed by atoms with Crippen LogP contribution < -0.4 is 16.0 Å². The highest BCUT2D eigenvalue weighted by molar-refractivity contribution is 6.33. The molecule has 1 atom stereocenters. The van der Waals surface area contributed by atoms with Gasteiger partial charge in [-0.1, -0.05) is 11.6 Å². The summed E-state index contributed by atoms with van der Waals surface area (Å²) < 4.78 is 0. The first-order valence-corrected chi connectivity index (χ1v) is 6.99. The molecule has 21 heavy (non-hydrogen) atoms. The second-order valence-electron chi connectivity index (χ2n) is 5.71. The second kappa shape index (κ2) is 6.76. The molecule has 1 aromatic rings. The van der Waals surface area contributed by atoms with Crippen molar-refractivity contribution in [2.45, 2.75) is 39.3 Å². The van der Waals surface area contributed by atoms with Crippen LogP contribution in [0.1, 0.15) is 38.2 Å². The molecule has 3 N–H and O–H groups in total. The van der Waals surface area contributed by atoms with Crippen molar-refractivity contribution in [3.63, 3.8) is 0 Å². The molecule has 0 aliphatic heterocycles. The van der Waals surface area contributed by atoms with E-state index in [1.165, 1.54) is 0 Å². The summed E-state index contributed by atoms with van der Waals surface area (Å²) in [6, 6.07) is 2.55. The second-order valence-corrected chi connectivity index (χ2v) is 6.12. The summed E-state index contributed by atoms with van der Waals surface area (Å²) in [7, 11) is 1.69. The summed E-state index contributed by atoms with van der Waals surface area (Å²) in [5, 5.41) is 8.44. The Morgan fingerprint density at radius 3 is 2.43 bits per heavy atom. The van der Waals surface area contributed by atoms with E-state index in [2.05, 4.69) is 20.9 Å². The number of anilines is 1. The molecule has 1 heterocycles. The van der Waals surface area contributed by atoms with E-state index in [1.807, 2.05) is 20.8 Å². The molecular weight excluding hydrogens is 292 g/mol. The first kappa shape index (κ1) is 17.2. The van der Waals surface area contributed by atoms with Gasteiger partial charge in [-0.2, -0.15) is 0 Å². The summed E-state index contributed by atoms with van der Waals surface area (Å²) in [5.74, 6) is -0.234. The van der Waals surface area contributed by atoms with Crippen LogP contribution in [0.3, 0.4) is 0 Å². The Balaban J connectivity index is 2.79. The van der Waals surface area contributed by atoms with Crippen LogP contribution >= 0.6 is 11.6 Å². The monoisotopic (exact) mass is 312 g/mol. The zero-order valence-corrected chi connectivity index (χ0v) is 13.6. The van der Waals surface area contributed by atoms with Crippen LogP contribution in [0, 0.1) is 0 Å². The lowest BCUT2D eigenvalue weighted by atomic mass is 10.1. The van der Waals surface area contributed by atoms with Crippen LogP contribution in [-0.4, -0.2) is 35.4 Å². The molecule has 7 heteroatoms. The fourth-order valence-corrected chi connectivity index (χ4v) is 1.74. The van der Waals surface area contributed by atoms with E-state index < -0.39 is 11.9 Å². The van der Waals surface area contributed by atoms with Crippen LogP contribution in [0.4, 0.5) is 5.82 Å². The number of aromatic nitrogens is 1. The highest BCUT2D eigenvalue weighted by Gasteiger charge is 2.22. The van der Waals surface area contributed by atoms with Crippen molar-refractivity contribution in [2.24, 2.45) is 0 Å². The third-order valence-corrected chi connectivity index (χ3v) is 2.86. The van der Waals surface area contributed by atoms with Gasteiger partial charge in [-0.05, 0) is 39.8 Å². The van der Waals surface area contributed by atoms with Gasteiger partial charge in [-0.25, -0.2) is 4.98 Å². The van der Waals surface area contributed by atoms with Crippen molar-refractivity contribution in [1.29, 1.82) is 0 Å². The van der Waals surface area contributed by atoms with Crippen LogP contribution in [0.25, 0.3) is 0 Å². The number of rotatable bonds is 4. The van der Waals surface area contributed by atoms with E-state index in [-0.39, 0.29) is 22.2 Å². The maximum atomic E-state index is 12.1. The van der Waals surface area contributed by atoms with Crippen molar-refractivity contribution in [2.75, 3.05) is 12.4 Å². The van der Waals surface area contributed by atoms with E-state index >= 15 is 0 Å². The molecule has 0 bridgehead atoms. The Labute approximate surface area is 129 Å². The molecule has 116 valence electrons. The summed E-state index contributed by atoms with van der Waals surface area (Å²) in [4.78, 5) is 28.2. The van der Waals surface area contributed by atoms with Crippen molar-refractivity contribution in [3.05, 3.63) is 22.8 Å². The average Bonchev–Trinajstić information content (AvgIpc) is 2.37. The van der Waals surface area contributed by atoms with Gasteiger partial charge in [0.25, 0.3) is 5.91 Å². The van der Waals surface area contributed by atoms with Gasteiger partial charge in [0.2, 0.25) is 5.91 Å². The van der Waals surface area contributed by atoms with Crippen LogP contribution in [0.15, 0.2) is 12.1 Å². The van der Waals surface area contributed by atoms with Crippen molar-refractivity contribution in [1.82, 2.24) is 15.6 Å². The number of pyridine rings is 1. The van der Waals surface area contributed by atoms with E-state index in [4.69, 9.17) is 11.6 Å². The lowest BCUT2D eigenvalue weighted by molar-refractivity contribution is -0.124. The Bertz CT molecular complexity index is 540. The minimum absolute atomic E-state index is 0.0823. The topological polar surface area (TPSA) is 83.1 Å². The smallest absolute Gasteiger partial charge is 0.272 e. The molecule has 2 amide bonds. The Kier molecular flexibility index (Phi) is 5.54. The summed E-state index contributed by atoms with van der Waals surface area (Å²) in [5.41, 5.74) is -0.281. The highest BCUT2D eigenvalue weighted by atomic mass is 35.5. The van der Waals surface area contributed by atoms with Gasteiger partial charge in [-0.15, -0.1) is 0 Å². The Hall–Kier alpha value is -1.82. The third kappa shape index (κ3) is 5.23. The standard InChI is InChI=1S/C14H21ClN4O2/c1-8(12(20)19-14(2,3)4)17-13(21)11-9(15)6-7-10(16-5)18-11/h6-8H,1-5H3,(H,16,18)(H,17,21)(H,19,20). The third-order valence-electron chi connectivity index (χ3n) is 2.56. The zero-order chi connectivity index (χ0) is 16.2. The van der Waals surface area contributed by atoms with Crippen molar-refractivity contribution in [3.8, 4) is 0 Å². The molecule has 1 unspecified atom stereocenters. The lowest BCUT2D eigenvalue weighted by Gasteiger charge is -2.23. The number of nitrogens with zero attached hydrogens (tertiary/aromatic N) is 1. The maximum absolute atomic E-state index is 12.1. The largest absolute Gasteiger partial charge is 0.373 e. The van der Waals surface area contributed by atoms with E-state index in [0.29, 0.717) is 5.82 Å². The Morgan fingerprint density at radius 2 is 1.90 bits per heavy atom. The van der Waals surface area contributed by atoms with Gasteiger partial charge >= 0.3 is 0 Å². The number of carbonyl (C=O) groups excluding carboxylic acids is 2. The quantitative estimate of drug-likeness (QED) is 0.792. The van der Waals surface area contributed by atoms with Gasteiger partial charge in [0.05, 0.1) is 5.02 Å². The Morgan fingerprint density at radius 1 is 1.29 bits per heavy atom. The summed E-state index contributed by atoms with van der Waals surface area (Å²) >= 11 is 5.97. The number of amides is 2. The molecule has 0 fully saturated rings. The highest BCUT2D eigenvalue weighted by Crippen LogP contribution is 2.16. The SMILES string of the molecule is CNc1ccc(Cl)c(C(=O)NC(C)C(=O)NC(C)(C)C)n1. The van der Waals surface area contributed by atoms with Crippen LogP contribution in [0.5, 0.6) is 0 Å². The first-order chi connectivity index (χ1) is 9.64. The van der Waals surface area contributed by atoms with Crippen LogP contribution in [-0.2, 0) is 4.79 Å². The molecule has 1 rings (SSSR count). The minimum Gasteiger partial charge on any atom is -0.373 e. The number of halogens is 1. The summed E-state index contributed by atoms with van der Waals surface area (Å²) in [6.45, 7) is 7.21. The normalized spacial score (nSPS) is 12.5. The molecule has 0 aromatic carbocycles. The van der Waals surface area contributed by atoms with E-state index in [1.54, 1.807) is 26.1 Å². The number of hydrogen-bond donors (Lipinski definition) is 3. The van der Waals surface area contributed by atoms with Gasteiger partial charge in [0.15, 0.2) is 0 Å². The molecule has 0 aliphatic carbocycles. The number of hydrogen-bond acceptors (Lipinski definition) is 4. The van der Waals surface area contributed by atoms with Gasteiger partial charge in [-0.3, -0.25) is 9.59 Å². The van der Waals surface area contributed by atoms with Gasteiger partial charge < -0.3 is 16.0 Å². The molecule has 0 aliphatic rings. The van der Waals surface area contributed by atoms with E-state index in [9.17, 15) is 9.59 Å². The van der Waals surface area contributed by atoms with Crippen molar-refractivity contribution >= 4 is 29.2 Å². The molecule has 6 nitrogen and oxygen atoms in total. The molecule has 0 saturated carbocycles. The molecule has 0 spiro atoms. The predicted molar refractivity (Wildman–Crippen MR) is 83.6 cm³/mol. The zero-order valence-electron chi connectivity index (χ0n) is 12.9.